The van der Waals surface area contributed by atoms with Crippen LogP contribution >= 0.6 is 23.4 Å². The Kier molecular flexibility index (Phi) is 4.43. The van der Waals surface area contributed by atoms with E-state index in [0.29, 0.717) is 10.7 Å². The molecule has 2 aromatic rings. The second-order valence-corrected chi connectivity index (χ2v) is 6.31. The highest BCUT2D eigenvalue weighted by Crippen LogP contribution is 2.30. The van der Waals surface area contributed by atoms with Crippen LogP contribution in [-0.2, 0) is 5.75 Å². The van der Waals surface area contributed by atoms with E-state index in [1.165, 1.54) is 22.3 Å². The van der Waals surface area contributed by atoms with Crippen LogP contribution in [0, 0.1) is 20.8 Å². The molecule has 0 atom stereocenters. The zero-order valence-corrected chi connectivity index (χ0v) is 13.0. The summed E-state index contributed by atoms with van der Waals surface area (Å²) in [4.78, 5) is 1.15. The van der Waals surface area contributed by atoms with Crippen molar-refractivity contribution in [1.82, 2.24) is 0 Å². The topological polar surface area (TPSA) is 26.0 Å². The largest absolute Gasteiger partial charge is 0.398 e. The zero-order valence-electron chi connectivity index (χ0n) is 11.5. The fraction of sp³-hybridized carbons (Fsp3) is 0.250. The highest BCUT2D eigenvalue weighted by Gasteiger charge is 2.06. The molecule has 0 aliphatic heterocycles. The molecule has 1 nitrogen and oxygen atoms in total. The first-order valence-electron chi connectivity index (χ1n) is 6.22. The Morgan fingerprint density at radius 2 is 1.68 bits per heavy atom. The van der Waals surface area contributed by atoms with Crippen LogP contribution in [0.1, 0.15) is 22.3 Å². The quantitative estimate of drug-likeness (QED) is 0.626. The summed E-state index contributed by atoms with van der Waals surface area (Å²) in [6.07, 6.45) is 0. The number of nitrogen functional groups attached to an aromatic ring is 1. The third-order valence-electron chi connectivity index (χ3n) is 3.20. The van der Waals surface area contributed by atoms with Gasteiger partial charge in [0.1, 0.15) is 0 Å². The Morgan fingerprint density at radius 1 is 1.05 bits per heavy atom. The van der Waals surface area contributed by atoms with Crippen LogP contribution in [0.4, 0.5) is 5.69 Å². The van der Waals surface area contributed by atoms with Gasteiger partial charge in [-0.1, -0.05) is 29.3 Å². The number of rotatable bonds is 3. The number of hydrogen-bond acceptors (Lipinski definition) is 2. The average molecular weight is 292 g/mol. The van der Waals surface area contributed by atoms with Crippen LogP contribution in [0.25, 0.3) is 0 Å². The third kappa shape index (κ3) is 3.46. The summed E-state index contributed by atoms with van der Waals surface area (Å²) < 4.78 is 0. The minimum Gasteiger partial charge on any atom is -0.398 e. The van der Waals surface area contributed by atoms with Gasteiger partial charge < -0.3 is 5.73 Å². The van der Waals surface area contributed by atoms with Crippen LogP contribution in [-0.4, -0.2) is 0 Å². The predicted octanol–water partition coefficient (Wildman–Crippen LogP) is 5.14. The van der Waals surface area contributed by atoms with Crippen molar-refractivity contribution in [2.24, 2.45) is 0 Å². The molecule has 0 heterocycles. The van der Waals surface area contributed by atoms with Gasteiger partial charge in [-0.15, -0.1) is 11.8 Å². The molecule has 0 unspecified atom stereocenters. The number of benzene rings is 2. The molecule has 0 saturated heterocycles. The maximum absolute atomic E-state index is 6.04. The van der Waals surface area contributed by atoms with E-state index >= 15 is 0 Å². The van der Waals surface area contributed by atoms with Crippen LogP contribution in [0.2, 0.25) is 5.02 Å². The van der Waals surface area contributed by atoms with E-state index in [0.717, 1.165) is 10.6 Å². The van der Waals surface area contributed by atoms with Crippen LogP contribution in [0.5, 0.6) is 0 Å². The van der Waals surface area contributed by atoms with E-state index in [4.69, 9.17) is 17.3 Å². The summed E-state index contributed by atoms with van der Waals surface area (Å²) >= 11 is 7.83. The molecule has 0 fully saturated rings. The van der Waals surface area contributed by atoms with E-state index in [9.17, 15) is 0 Å². The standard InChI is InChI=1S/C16H18ClNS/c1-10-6-11(2)14(12(3)7-10)9-19-13-4-5-16(18)15(17)8-13/h4-8H,9,18H2,1-3H3. The monoisotopic (exact) mass is 291 g/mol. The molecule has 0 aromatic heterocycles. The van der Waals surface area contributed by atoms with Gasteiger partial charge in [-0.2, -0.15) is 0 Å². The fourth-order valence-corrected chi connectivity index (χ4v) is 3.57. The summed E-state index contributed by atoms with van der Waals surface area (Å²) in [5.41, 5.74) is 11.8. The van der Waals surface area contributed by atoms with Crippen molar-refractivity contribution < 1.29 is 0 Å². The Morgan fingerprint density at radius 3 is 2.26 bits per heavy atom. The van der Waals surface area contributed by atoms with E-state index in [2.05, 4.69) is 32.9 Å². The van der Waals surface area contributed by atoms with Gasteiger partial charge in [-0.05, 0) is 55.7 Å². The van der Waals surface area contributed by atoms with Gasteiger partial charge in [0.25, 0.3) is 0 Å². The molecular formula is C16H18ClNS. The molecule has 0 aliphatic rings. The lowest BCUT2D eigenvalue weighted by atomic mass is 10.0. The lowest BCUT2D eigenvalue weighted by molar-refractivity contribution is 1.21. The SMILES string of the molecule is Cc1cc(C)c(CSc2ccc(N)c(Cl)c2)c(C)c1. The van der Waals surface area contributed by atoms with Gasteiger partial charge in [0.15, 0.2) is 0 Å². The maximum Gasteiger partial charge on any atom is 0.0646 e. The van der Waals surface area contributed by atoms with Crippen molar-refractivity contribution in [2.45, 2.75) is 31.4 Å². The molecule has 2 rings (SSSR count). The Balaban J connectivity index is 2.16. The molecular weight excluding hydrogens is 274 g/mol. The molecule has 0 aliphatic carbocycles. The third-order valence-corrected chi connectivity index (χ3v) is 4.54. The molecule has 0 saturated carbocycles. The molecule has 19 heavy (non-hydrogen) atoms. The Bertz CT molecular complexity index is 585. The molecule has 0 radical (unpaired) electrons. The molecule has 100 valence electrons. The van der Waals surface area contributed by atoms with Crippen molar-refractivity contribution in [3.8, 4) is 0 Å². The molecule has 3 heteroatoms. The second kappa shape index (κ2) is 5.89. The average Bonchev–Trinajstić information content (AvgIpc) is 2.32. The van der Waals surface area contributed by atoms with Crippen molar-refractivity contribution >= 4 is 29.1 Å². The summed E-state index contributed by atoms with van der Waals surface area (Å²) in [6.45, 7) is 6.48. The van der Waals surface area contributed by atoms with Gasteiger partial charge >= 0.3 is 0 Å². The maximum atomic E-state index is 6.04. The second-order valence-electron chi connectivity index (χ2n) is 4.85. The lowest BCUT2D eigenvalue weighted by Gasteiger charge is -2.11. The Labute approximate surface area is 124 Å². The molecule has 2 aromatic carbocycles. The van der Waals surface area contributed by atoms with Crippen LogP contribution < -0.4 is 5.73 Å². The van der Waals surface area contributed by atoms with Crippen LogP contribution in [0.3, 0.4) is 0 Å². The Hall–Kier alpha value is -1.12. The number of hydrogen-bond donors (Lipinski definition) is 1. The first-order chi connectivity index (χ1) is 8.97. The molecule has 2 N–H and O–H groups in total. The van der Waals surface area contributed by atoms with Crippen molar-refractivity contribution in [3.05, 3.63) is 57.6 Å². The number of halogens is 1. The van der Waals surface area contributed by atoms with Gasteiger partial charge in [0.2, 0.25) is 0 Å². The molecule has 0 bridgehead atoms. The number of nitrogens with two attached hydrogens (primary N) is 1. The van der Waals surface area contributed by atoms with E-state index in [1.807, 2.05) is 18.2 Å². The highest BCUT2D eigenvalue weighted by molar-refractivity contribution is 7.98. The number of aryl methyl sites for hydroxylation is 3. The normalized spacial score (nSPS) is 10.7. The van der Waals surface area contributed by atoms with E-state index in [1.54, 1.807) is 11.8 Å². The van der Waals surface area contributed by atoms with Gasteiger partial charge in [0.05, 0.1) is 10.7 Å². The van der Waals surface area contributed by atoms with Crippen molar-refractivity contribution in [3.63, 3.8) is 0 Å². The molecule has 0 spiro atoms. The van der Waals surface area contributed by atoms with Crippen molar-refractivity contribution in [2.75, 3.05) is 5.73 Å². The smallest absolute Gasteiger partial charge is 0.0646 e. The number of anilines is 1. The summed E-state index contributed by atoms with van der Waals surface area (Å²) in [7, 11) is 0. The summed E-state index contributed by atoms with van der Waals surface area (Å²) in [5.74, 6) is 0.957. The van der Waals surface area contributed by atoms with E-state index < -0.39 is 0 Å². The van der Waals surface area contributed by atoms with Crippen LogP contribution in [0.15, 0.2) is 35.2 Å². The van der Waals surface area contributed by atoms with Crippen molar-refractivity contribution in [1.29, 1.82) is 0 Å². The molecule has 0 amide bonds. The van der Waals surface area contributed by atoms with Gasteiger partial charge in [-0.25, -0.2) is 0 Å². The summed E-state index contributed by atoms with van der Waals surface area (Å²) in [5, 5.41) is 0.627. The minimum atomic E-state index is 0.627. The highest BCUT2D eigenvalue weighted by atomic mass is 35.5. The van der Waals surface area contributed by atoms with Gasteiger partial charge in [0, 0.05) is 10.6 Å². The first-order valence-corrected chi connectivity index (χ1v) is 7.58. The predicted molar refractivity (Wildman–Crippen MR) is 86.1 cm³/mol. The first kappa shape index (κ1) is 14.3. The summed E-state index contributed by atoms with van der Waals surface area (Å²) in [6, 6.07) is 10.3. The fourth-order valence-electron chi connectivity index (χ4n) is 2.19. The number of thioether (sulfide) groups is 1. The van der Waals surface area contributed by atoms with Gasteiger partial charge in [-0.3, -0.25) is 0 Å². The van der Waals surface area contributed by atoms with E-state index in [-0.39, 0.29) is 0 Å². The lowest BCUT2D eigenvalue weighted by Crippen LogP contribution is -1.93. The minimum absolute atomic E-state index is 0.627. The zero-order chi connectivity index (χ0) is 14.0.